The lowest BCUT2D eigenvalue weighted by molar-refractivity contribution is -0.121. The Morgan fingerprint density at radius 1 is 0.893 bits per heavy atom. The predicted octanol–water partition coefficient (Wildman–Crippen LogP) is 4.83. The number of hydrogen-bond donors (Lipinski definition) is 1. The Balaban J connectivity index is 1.54. The number of thiophene rings is 1. The summed E-state index contributed by atoms with van der Waals surface area (Å²) in [6.45, 7) is 2.87. The third kappa shape index (κ3) is 4.34. The fraction of sp³-hybridized carbons (Fsp3) is 0.292. The highest BCUT2D eigenvalue weighted by Crippen LogP contribution is 2.29. The molecule has 4 rings (SSSR count). The van der Waals surface area contributed by atoms with E-state index >= 15 is 0 Å². The smallest absolute Gasteiger partial charge is 0.232 e. The normalized spacial score (nSPS) is 15.6. The number of carbonyl (C=O) groups excluding carboxylic acids is 1. The van der Waals surface area contributed by atoms with Gasteiger partial charge in [0.05, 0.1) is 12.0 Å². The molecule has 1 aliphatic heterocycles. The fourth-order valence-corrected chi connectivity index (χ4v) is 4.89. The van der Waals surface area contributed by atoms with Crippen LogP contribution in [0.15, 0.2) is 78.2 Å². The molecule has 28 heavy (non-hydrogen) atoms. The molecule has 1 saturated heterocycles. The van der Waals surface area contributed by atoms with Gasteiger partial charge in [-0.15, -0.1) is 11.3 Å². The molecule has 2 aromatic carbocycles. The quantitative estimate of drug-likeness (QED) is 0.626. The molecule has 1 aromatic heterocycles. The summed E-state index contributed by atoms with van der Waals surface area (Å²) in [7, 11) is 0. The molecule has 0 bridgehead atoms. The Kier molecular flexibility index (Phi) is 6.20. The molecule has 1 N–H and O–H groups in total. The van der Waals surface area contributed by atoms with Crippen molar-refractivity contribution in [3.05, 3.63) is 94.2 Å². The molecule has 0 spiro atoms. The first-order valence-electron chi connectivity index (χ1n) is 9.98. The highest BCUT2D eigenvalue weighted by molar-refractivity contribution is 7.10. The van der Waals surface area contributed by atoms with Crippen molar-refractivity contribution < 1.29 is 4.79 Å². The highest BCUT2D eigenvalue weighted by atomic mass is 32.1. The average Bonchev–Trinajstić information content (AvgIpc) is 3.45. The van der Waals surface area contributed by atoms with Crippen LogP contribution in [0.25, 0.3) is 0 Å². The van der Waals surface area contributed by atoms with Gasteiger partial charge >= 0.3 is 0 Å². The topological polar surface area (TPSA) is 32.3 Å². The Morgan fingerprint density at radius 3 is 2.04 bits per heavy atom. The van der Waals surface area contributed by atoms with Crippen molar-refractivity contribution >= 4 is 17.2 Å². The third-order valence-electron chi connectivity index (χ3n) is 5.45. The molecule has 1 aliphatic rings. The van der Waals surface area contributed by atoms with Crippen LogP contribution in [0, 0.1) is 0 Å². The Bertz CT molecular complexity index is 819. The van der Waals surface area contributed by atoms with Gasteiger partial charge in [-0.2, -0.15) is 0 Å². The van der Waals surface area contributed by atoms with Crippen LogP contribution >= 0.6 is 11.3 Å². The molecule has 3 nitrogen and oxygen atoms in total. The number of likely N-dealkylation sites (tertiary alicyclic amines) is 1. The van der Waals surface area contributed by atoms with Crippen molar-refractivity contribution in [3.63, 3.8) is 0 Å². The maximum atomic E-state index is 13.3. The first kappa shape index (κ1) is 18.9. The van der Waals surface area contributed by atoms with E-state index in [1.807, 2.05) is 60.7 Å². The fourth-order valence-electron chi connectivity index (χ4n) is 4.03. The number of nitrogens with zero attached hydrogens (tertiary/aromatic N) is 1. The largest absolute Gasteiger partial charge is 0.353 e. The highest BCUT2D eigenvalue weighted by Gasteiger charge is 2.27. The average molecular weight is 391 g/mol. The van der Waals surface area contributed by atoms with Crippen molar-refractivity contribution in [2.24, 2.45) is 0 Å². The van der Waals surface area contributed by atoms with Gasteiger partial charge in [-0.25, -0.2) is 0 Å². The Labute approximate surface area is 171 Å². The van der Waals surface area contributed by atoms with Gasteiger partial charge in [0.15, 0.2) is 0 Å². The minimum absolute atomic E-state index is 0.0677. The molecule has 144 valence electrons. The van der Waals surface area contributed by atoms with Crippen molar-refractivity contribution in [1.82, 2.24) is 10.2 Å². The van der Waals surface area contributed by atoms with Gasteiger partial charge < -0.3 is 5.32 Å². The molecular weight excluding hydrogens is 364 g/mol. The number of hydrogen-bond acceptors (Lipinski definition) is 3. The monoisotopic (exact) mass is 390 g/mol. The van der Waals surface area contributed by atoms with Gasteiger partial charge in [0, 0.05) is 11.4 Å². The molecular formula is C24H26N2OS. The molecule has 0 radical (unpaired) electrons. The van der Waals surface area contributed by atoms with Crippen molar-refractivity contribution in [2.75, 3.05) is 19.6 Å². The van der Waals surface area contributed by atoms with Crippen molar-refractivity contribution in [2.45, 2.75) is 24.8 Å². The first-order chi connectivity index (χ1) is 13.8. The number of rotatable bonds is 7. The van der Waals surface area contributed by atoms with Crippen molar-refractivity contribution in [1.29, 1.82) is 0 Å². The van der Waals surface area contributed by atoms with E-state index in [1.54, 1.807) is 11.3 Å². The lowest BCUT2D eigenvalue weighted by Crippen LogP contribution is -2.38. The van der Waals surface area contributed by atoms with Gasteiger partial charge in [0.2, 0.25) is 5.91 Å². The summed E-state index contributed by atoms with van der Waals surface area (Å²) >= 11 is 1.78. The number of nitrogens with one attached hydrogen (secondary N) is 1. The first-order valence-corrected chi connectivity index (χ1v) is 10.9. The van der Waals surface area contributed by atoms with Crippen LogP contribution in [0.5, 0.6) is 0 Å². The summed E-state index contributed by atoms with van der Waals surface area (Å²) < 4.78 is 0. The summed E-state index contributed by atoms with van der Waals surface area (Å²) in [5.74, 6) is -0.219. The second-order valence-corrected chi connectivity index (χ2v) is 8.25. The van der Waals surface area contributed by atoms with E-state index in [2.05, 4.69) is 27.7 Å². The van der Waals surface area contributed by atoms with Gasteiger partial charge in [-0.1, -0.05) is 66.7 Å². The molecule has 1 atom stereocenters. The van der Waals surface area contributed by atoms with Crippen LogP contribution in [0.3, 0.4) is 0 Å². The minimum Gasteiger partial charge on any atom is -0.353 e. The summed E-state index contributed by atoms with van der Waals surface area (Å²) in [6, 6.07) is 24.7. The summed E-state index contributed by atoms with van der Waals surface area (Å²) in [4.78, 5) is 17.1. The van der Waals surface area contributed by atoms with Crippen LogP contribution in [0.2, 0.25) is 0 Å². The molecule has 0 saturated carbocycles. The number of carbonyl (C=O) groups is 1. The lowest BCUT2D eigenvalue weighted by Gasteiger charge is -2.28. The van der Waals surface area contributed by atoms with Gasteiger partial charge in [0.1, 0.15) is 0 Å². The van der Waals surface area contributed by atoms with E-state index in [9.17, 15) is 4.79 Å². The van der Waals surface area contributed by atoms with E-state index in [4.69, 9.17) is 0 Å². The number of benzene rings is 2. The number of amides is 1. The SMILES string of the molecule is O=C(NCC(c1cccs1)N1CCCC1)C(c1ccccc1)c1ccccc1. The molecule has 1 amide bonds. The standard InChI is InChI=1S/C24H26N2OS/c27-24(23(19-10-3-1-4-11-19)20-12-5-2-6-13-20)25-18-21(22-14-9-17-28-22)26-15-7-8-16-26/h1-6,9-14,17,21,23H,7-8,15-16,18H2,(H,25,27). The van der Waals surface area contributed by atoms with Crippen LogP contribution in [0.1, 0.15) is 40.8 Å². The zero-order chi connectivity index (χ0) is 19.2. The van der Waals surface area contributed by atoms with Crippen LogP contribution < -0.4 is 5.32 Å². The van der Waals surface area contributed by atoms with Gasteiger partial charge in [-0.3, -0.25) is 9.69 Å². The maximum Gasteiger partial charge on any atom is 0.232 e. The zero-order valence-electron chi connectivity index (χ0n) is 16.0. The lowest BCUT2D eigenvalue weighted by atomic mass is 9.90. The second-order valence-electron chi connectivity index (χ2n) is 7.27. The van der Waals surface area contributed by atoms with E-state index in [1.165, 1.54) is 17.7 Å². The van der Waals surface area contributed by atoms with Crippen LogP contribution in [0.4, 0.5) is 0 Å². The maximum absolute atomic E-state index is 13.3. The minimum atomic E-state index is -0.287. The van der Waals surface area contributed by atoms with Crippen LogP contribution in [-0.2, 0) is 4.79 Å². The van der Waals surface area contributed by atoms with E-state index in [0.29, 0.717) is 6.54 Å². The Morgan fingerprint density at radius 2 is 1.50 bits per heavy atom. The molecule has 1 fully saturated rings. The molecule has 0 aliphatic carbocycles. The van der Waals surface area contributed by atoms with Crippen molar-refractivity contribution in [3.8, 4) is 0 Å². The third-order valence-corrected chi connectivity index (χ3v) is 6.42. The zero-order valence-corrected chi connectivity index (χ0v) is 16.8. The van der Waals surface area contributed by atoms with Gasteiger partial charge in [0.25, 0.3) is 0 Å². The van der Waals surface area contributed by atoms with Crippen LogP contribution in [-0.4, -0.2) is 30.4 Å². The predicted molar refractivity (Wildman–Crippen MR) is 116 cm³/mol. The Hall–Kier alpha value is -2.43. The van der Waals surface area contributed by atoms with E-state index < -0.39 is 0 Å². The summed E-state index contributed by atoms with van der Waals surface area (Å²) in [5, 5.41) is 5.39. The van der Waals surface area contributed by atoms with E-state index in [0.717, 1.165) is 24.2 Å². The summed E-state index contributed by atoms with van der Waals surface area (Å²) in [5.41, 5.74) is 2.06. The molecule has 2 heterocycles. The summed E-state index contributed by atoms with van der Waals surface area (Å²) in [6.07, 6.45) is 2.49. The van der Waals surface area contributed by atoms with Gasteiger partial charge in [-0.05, 0) is 48.5 Å². The van der Waals surface area contributed by atoms with E-state index in [-0.39, 0.29) is 17.9 Å². The molecule has 4 heteroatoms. The second kappa shape index (κ2) is 9.18. The molecule has 3 aromatic rings. The molecule has 1 unspecified atom stereocenters.